The first kappa shape index (κ1) is 14.5. The summed E-state index contributed by atoms with van der Waals surface area (Å²) in [4.78, 5) is 0.345. The third-order valence-electron chi connectivity index (χ3n) is 2.48. The number of aliphatic hydroxyl groups is 1. The Balaban J connectivity index is 2.63. The van der Waals surface area contributed by atoms with Gasteiger partial charge in [-0.2, -0.15) is 0 Å². The first-order chi connectivity index (χ1) is 7.95. The van der Waals surface area contributed by atoms with Crippen molar-refractivity contribution in [3.05, 3.63) is 29.8 Å². The van der Waals surface area contributed by atoms with Gasteiger partial charge in [0.05, 0.1) is 16.8 Å². The van der Waals surface area contributed by atoms with Gasteiger partial charge in [0.2, 0.25) is 0 Å². The Morgan fingerprint density at radius 1 is 1.41 bits per heavy atom. The predicted octanol–water partition coefficient (Wildman–Crippen LogP) is 2.15. The molecule has 1 unspecified atom stereocenters. The molecular weight excluding hydrogens is 260 g/mol. The first-order valence-corrected chi connectivity index (χ1v) is 7.68. The lowest BCUT2D eigenvalue weighted by molar-refractivity contribution is 0.187. The van der Waals surface area contributed by atoms with Crippen LogP contribution in [0.15, 0.2) is 29.2 Å². The van der Waals surface area contributed by atoms with Crippen molar-refractivity contribution in [1.82, 2.24) is 0 Å². The average Bonchev–Trinajstić information content (AvgIpc) is 2.28. The number of aryl methyl sites for hydroxylation is 1. The second-order valence-corrected chi connectivity index (χ2v) is 6.50. The summed E-state index contributed by atoms with van der Waals surface area (Å²) in [6.07, 6.45) is 0.211. The summed E-state index contributed by atoms with van der Waals surface area (Å²) < 4.78 is 23.9. The number of rotatable bonds is 6. The van der Waals surface area contributed by atoms with Crippen molar-refractivity contribution in [3.63, 3.8) is 0 Å². The summed E-state index contributed by atoms with van der Waals surface area (Å²) in [6.45, 7) is 1.86. The molecule has 1 N–H and O–H groups in total. The summed E-state index contributed by atoms with van der Waals surface area (Å²) in [5.74, 6) is 0.189. The highest BCUT2D eigenvalue weighted by Crippen LogP contribution is 2.14. The van der Waals surface area contributed by atoms with Gasteiger partial charge in [0, 0.05) is 5.88 Å². The molecule has 1 aromatic rings. The van der Waals surface area contributed by atoms with E-state index in [-0.39, 0.29) is 11.6 Å². The largest absolute Gasteiger partial charge is 0.392 e. The van der Waals surface area contributed by atoms with E-state index in [1.807, 2.05) is 13.0 Å². The number of hydrogen-bond acceptors (Lipinski definition) is 3. The van der Waals surface area contributed by atoms with E-state index in [0.717, 1.165) is 5.56 Å². The van der Waals surface area contributed by atoms with E-state index in [1.54, 1.807) is 18.2 Å². The second kappa shape index (κ2) is 6.38. The van der Waals surface area contributed by atoms with E-state index in [0.29, 0.717) is 17.7 Å². The molecule has 0 aromatic heterocycles. The van der Waals surface area contributed by atoms with Crippen LogP contribution in [0, 0.1) is 6.92 Å². The van der Waals surface area contributed by atoms with Crippen LogP contribution >= 0.6 is 11.6 Å². The molecule has 0 heterocycles. The summed E-state index contributed by atoms with van der Waals surface area (Å²) in [7, 11) is -3.24. The maximum absolute atomic E-state index is 11.9. The maximum atomic E-state index is 11.9. The third kappa shape index (κ3) is 4.66. The van der Waals surface area contributed by atoms with Gasteiger partial charge in [0.25, 0.3) is 0 Å². The molecule has 0 aliphatic carbocycles. The molecule has 0 spiro atoms. The summed E-state index contributed by atoms with van der Waals surface area (Å²) in [5.41, 5.74) is 0.923. The maximum Gasteiger partial charge on any atom is 0.178 e. The van der Waals surface area contributed by atoms with Gasteiger partial charge in [-0.05, 0) is 37.5 Å². The molecule has 0 radical (unpaired) electrons. The van der Waals surface area contributed by atoms with Gasteiger partial charge in [-0.1, -0.05) is 12.1 Å². The number of halogens is 1. The van der Waals surface area contributed by atoms with E-state index >= 15 is 0 Å². The van der Waals surface area contributed by atoms with E-state index in [4.69, 9.17) is 11.6 Å². The molecule has 3 nitrogen and oxygen atoms in total. The molecule has 0 saturated carbocycles. The molecule has 17 heavy (non-hydrogen) atoms. The van der Waals surface area contributed by atoms with E-state index in [1.165, 1.54) is 0 Å². The van der Waals surface area contributed by atoms with Gasteiger partial charge in [-0.3, -0.25) is 0 Å². The lowest BCUT2D eigenvalue weighted by Crippen LogP contribution is -2.12. The lowest BCUT2D eigenvalue weighted by Gasteiger charge is -2.07. The number of sulfone groups is 1. The first-order valence-electron chi connectivity index (χ1n) is 5.49. The predicted molar refractivity (Wildman–Crippen MR) is 69.2 cm³/mol. The SMILES string of the molecule is Cc1cccc(S(=O)(=O)CCCC(O)CCl)c1. The van der Waals surface area contributed by atoms with Gasteiger partial charge < -0.3 is 5.11 Å². The van der Waals surface area contributed by atoms with E-state index in [9.17, 15) is 13.5 Å². The molecule has 0 fully saturated rings. The van der Waals surface area contributed by atoms with Crippen molar-refractivity contribution in [2.24, 2.45) is 0 Å². The van der Waals surface area contributed by atoms with Crippen molar-refractivity contribution < 1.29 is 13.5 Å². The Kier molecular flexibility index (Phi) is 5.43. The zero-order valence-electron chi connectivity index (χ0n) is 9.77. The summed E-state index contributed by atoms with van der Waals surface area (Å²) in [5, 5.41) is 9.24. The minimum Gasteiger partial charge on any atom is -0.392 e. The van der Waals surface area contributed by atoms with Crippen LogP contribution in [0.4, 0.5) is 0 Å². The van der Waals surface area contributed by atoms with Crippen molar-refractivity contribution >= 4 is 21.4 Å². The molecule has 96 valence electrons. The Morgan fingerprint density at radius 3 is 2.71 bits per heavy atom. The minimum atomic E-state index is -3.24. The van der Waals surface area contributed by atoms with Gasteiger partial charge in [0.15, 0.2) is 9.84 Å². The molecule has 5 heteroatoms. The smallest absolute Gasteiger partial charge is 0.178 e. The normalized spacial score (nSPS) is 13.6. The number of alkyl halides is 1. The Morgan fingerprint density at radius 2 is 2.12 bits per heavy atom. The Labute approximate surface area is 107 Å². The van der Waals surface area contributed by atoms with Gasteiger partial charge in [-0.25, -0.2) is 8.42 Å². The topological polar surface area (TPSA) is 54.4 Å². The van der Waals surface area contributed by atoms with Crippen LogP contribution in [0.1, 0.15) is 18.4 Å². The fraction of sp³-hybridized carbons (Fsp3) is 0.500. The van der Waals surface area contributed by atoms with Crippen LogP contribution in [-0.2, 0) is 9.84 Å². The van der Waals surface area contributed by atoms with Crippen LogP contribution in [-0.4, -0.2) is 31.3 Å². The monoisotopic (exact) mass is 276 g/mol. The van der Waals surface area contributed by atoms with Crippen molar-refractivity contribution in [3.8, 4) is 0 Å². The highest BCUT2D eigenvalue weighted by molar-refractivity contribution is 7.91. The van der Waals surface area contributed by atoms with E-state index < -0.39 is 15.9 Å². The molecule has 1 atom stereocenters. The highest BCUT2D eigenvalue weighted by Gasteiger charge is 2.14. The standard InChI is InChI=1S/C12H17ClO3S/c1-10-4-2-6-12(8-10)17(15,16)7-3-5-11(14)9-13/h2,4,6,8,11,14H,3,5,7,9H2,1H3. The van der Waals surface area contributed by atoms with Gasteiger partial charge in [0.1, 0.15) is 0 Å². The number of hydrogen-bond donors (Lipinski definition) is 1. The van der Waals surface area contributed by atoms with Gasteiger partial charge >= 0.3 is 0 Å². The molecule has 0 saturated heterocycles. The Bertz CT molecular complexity index is 457. The van der Waals surface area contributed by atoms with Crippen molar-refractivity contribution in [2.45, 2.75) is 30.8 Å². The molecule has 1 rings (SSSR count). The molecule has 0 aliphatic heterocycles. The zero-order chi connectivity index (χ0) is 12.9. The molecule has 1 aromatic carbocycles. The van der Waals surface area contributed by atoms with Crippen molar-refractivity contribution in [1.29, 1.82) is 0 Å². The van der Waals surface area contributed by atoms with Crippen LogP contribution < -0.4 is 0 Å². The molecular formula is C12H17ClO3S. The van der Waals surface area contributed by atoms with Crippen LogP contribution in [0.2, 0.25) is 0 Å². The number of aliphatic hydroxyl groups excluding tert-OH is 1. The van der Waals surface area contributed by atoms with Crippen LogP contribution in [0.25, 0.3) is 0 Å². The molecule has 0 aliphatic rings. The zero-order valence-corrected chi connectivity index (χ0v) is 11.3. The van der Waals surface area contributed by atoms with Crippen molar-refractivity contribution in [2.75, 3.05) is 11.6 Å². The lowest BCUT2D eigenvalue weighted by atomic mass is 10.2. The second-order valence-electron chi connectivity index (χ2n) is 4.09. The summed E-state index contributed by atoms with van der Waals surface area (Å²) >= 11 is 5.44. The minimum absolute atomic E-state index is 0.0460. The quantitative estimate of drug-likeness (QED) is 0.810. The molecule has 0 bridgehead atoms. The molecule has 0 amide bonds. The number of benzene rings is 1. The fourth-order valence-electron chi connectivity index (χ4n) is 1.51. The third-order valence-corrected chi connectivity index (χ3v) is 4.63. The summed E-state index contributed by atoms with van der Waals surface area (Å²) in [6, 6.07) is 6.85. The fourth-order valence-corrected chi connectivity index (χ4v) is 3.10. The highest BCUT2D eigenvalue weighted by atomic mass is 35.5. The Hall–Kier alpha value is -0.580. The van der Waals surface area contributed by atoms with E-state index in [2.05, 4.69) is 0 Å². The average molecular weight is 277 g/mol. The van der Waals surface area contributed by atoms with Crippen LogP contribution in [0.5, 0.6) is 0 Å². The van der Waals surface area contributed by atoms with Crippen LogP contribution in [0.3, 0.4) is 0 Å². The van der Waals surface area contributed by atoms with Gasteiger partial charge in [-0.15, -0.1) is 11.6 Å².